The molecule has 8 heteroatoms. The number of rotatable bonds is 7. The number of aromatic amines is 1. The molecule has 3 atom stereocenters. The Morgan fingerprint density at radius 3 is 2.81 bits per heavy atom. The van der Waals surface area contributed by atoms with Crippen LogP contribution in [0.5, 0.6) is 0 Å². The maximum Gasteiger partial charge on any atom is 0.182 e. The molecule has 3 N–H and O–H groups in total. The van der Waals surface area contributed by atoms with Crippen molar-refractivity contribution in [3.8, 4) is 0 Å². The highest BCUT2D eigenvalue weighted by Gasteiger charge is 2.27. The molecule has 0 bridgehead atoms. The molecule has 1 aromatic carbocycles. The van der Waals surface area contributed by atoms with E-state index in [4.69, 9.17) is 11.6 Å². The fraction of sp³-hybridized carbons (Fsp3) is 0.217. The first-order valence-corrected chi connectivity index (χ1v) is 10.4. The lowest BCUT2D eigenvalue weighted by atomic mass is 9.87. The third-order valence-electron chi connectivity index (χ3n) is 5.13. The summed E-state index contributed by atoms with van der Waals surface area (Å²) in [6, 6.07) is 9.69. The Morgan fingerprint density at radius 2 is 2.03 bits per heavy atom. The Balaban J connectivity index is 1.69. The summed E-state index contributed by atoms with van der Waals surface area (Å²) in [5, 5.41) is 6.52. The zero-order valence-corrected chi connectivity index (χ0v) is 18.0. The van der Waals surface area contributed by atoms with Crippen LogP contribution < -0.4 is 10.6 Å². The Kier molecular flexibility index (Phi) is 6.13. The van der Waals surface area contributed by atoms with Crippen LogP contribution >= 0.6 is 11.6 Å². The molecule has 3 unspecified atom stereocenters. The van der Waals surface area contributed by atoms with E-state index in [0.29, 0.717) is 11.5 Å². The minimum absolute atomic E-state index is 0.0292. The number of hydrogen-bond acceptors (Lipinski definition) is 6. The Labute approximate surface area is 185 Å². The van der Waals surface area contributed by atoms with E-state index in [1.165, 1.54) is 6.33 Å². The number of anilines is 2. The molecular weight excluding hydrogens is 412 g/mol. The number of ketones is 1. The summed E-state index contributed by atoms with van der Waals surface area (Å²) in [4.78, 5) is 28.1. The van der Waals surface area contributed by atoms with Gasteiger partial charge in [0.25, 0.3) is 0 Å². The summed E-state index contributed by atoms with van der Waals surface area (Å²) < 4.78 is 0. The summed E-state index contributed by atoms with van der Waals surface area (Å²) in [6.07, 6.45) is 10.7. The molecule has 0 fully saturated rings. The molecule has 158 valence electrons. The number of H-pyrrole nitrogens is 1. The lowest BCUT2D eigenvalue weighted by molar-refractivity contribution is -0.119. The number of aromatic nitrogens is 4. The molecule has 2 aromatic heterocycles. The van der Waals surface area contributed by atoms with Crippen LogP contribution in [0.1, 0.15) is 13.8 Å². The van der Waals surface area contributed by atoms with Gasteiger partial charge < -0.3 is 15.6 Å². The van der Waals surface area contributed by atoms with Gasteiger partial charge in [-0.2, -0.15) is 0 Å². The van der Waals surface area contributed by atoms with Crippen LogP contribution in [-0.4, -0.2) is 37.1 Å². The van der Waals surface area contributed by atoms with E-state index in [0.717, 1.165) is 22.5 Å². The van der Waals surface area contributed by atoms with E-state index < -0.39 is 5.92 Å². The quantitative estimate of drug-likeness (QED) is 0.475. The molecule has 1 aliphatic rings. The summed E-state index contributed by atoms with van der Waals surface area (Å²) in [5.41, 5.74) is 3.99. The van der Waals surface area contributed by atoms with Gasteiger partial charge in [-0.3, -0.25) is 4.79 Å². The summed E-state index contributed by atoms with van der Waals surface area (Å²) in [7, 11) is 0. The monoisotopic (exact) mass is 434 g/mol. The van der Waals surface area contributed by atoms with E-state index in [-0.39, 0.29) is 17.2 Å². The lowest BCUT2D eigenvalue weighted by Gasteiger charge is -2.25. The van der Waals surface area contributed by atoms with Crippen molar-refractivity contribution in [2.24, 2.45) is 5.92 Å². The molecule has 0 spiro atoms. The molecule has 0 saturated carbocycles. The molecule has 1 aliphatic carbocycles. The van der Waals surface area contributed by atoms with Gasteiger partial charge in [-0.25, -0.2) is 15.0 Å². The third kappa shape index (κ3) is 4.67. The smallest absolute Gasteiger partial charge is 0.182 e. The first-order chi connectivity index (χ1) is 15.0. The van der Waals surface area contributed by atoms with Gasteiger partial charge in [-0.1, -0.05) is 36.4 Å². The van der Waals surface area contributed by atoms with Gasteiger partial charge in [-0.05, 0) is 37.6 Å². The molecular formula is C23H23ClN6O. The highest BCUT2D eigenvalue weighted by Crippen LogP contribution is 2.29. The predicted molar refractivity (Wildman–Crippen MR) is 124 cm³/mol. The number of para-hydroxylation sites is 1. The first-order valence-electron chi connectivity index (χ1n) is 10.00. The zero-order chi connectivity index (χ0) is 21.8. The maximum absolute atomic E-state index is 12.3. The number of alkyl halides is 1. The number of imidazole rings is 1. The summed E-state index contributed by atoms with van der Waals surface area (Å²) in [6.45, 7) is 3.59. The van der Waals surface area contributed by atoms with Crippen LogP contribution in [0.25, 0.3) is 11.2 Å². The van der Waals surface area contributed by atoms with Crippen molar-refractivity contribution in [3.05, 3.63) is 78.6 Å². The van der Waals surface area contributed by atoms with E-state index in [9.17, 15) is 4.79 Å². The highest BCUT2D eigenvalue weighted by atomic mass is 35.5. The second-order valence-corrected chi connectivity index (χ2v) is 7.87. The van der Waals surface area contributed by atoms with E-state index >= 15 is 0 Å². The number of allylic oxidation sites excluding steroid dienone is 5. The standard InChI is InChI=1S/C23H23ClN6O/c1-14(29-23-21-22(26-12-25-21)27-13-28-23)19(30-17-8-4-3-5-9-17)11-16-7-6-10-18(24)20(16)15(2)31/h3-14,18,20,30H,1-2H3,(H2,25,26,27,28,29)/b19-11-. The van der Waals surface area contributed by atoms with Crippen LogP contribution in [0.4, 0.5) is 11.5 Å². The largest absolute Gasteiger partial charge is 0.360 e. The van der Waals surface area contributed by atoms with Crippen LogP contribution in [0.15, 0.2) is 78.6 Å². The number of nitrogens with one attached hydrogen (secondary N) is 3. The predicted octanol–water partition coefficient (Wildman–Crippen LogP) is 4.46. The molecule has 0 radical (unpaired) electrons. The van der Waals surface area contributed by atoms with Crippen molar-refractivity contribution in [3.63, 3.8) is 0 Å². The zero-order valence-electron chi connectivity index (χ0n) is 17.2. The van der Waals surface area contributed by atoms with E-state index in [2.05, 4.69) is 30.6 Å². The molecule has 0 amide bonds. The fourth-order valence-corrected chi connectivity index (χ4v) is 3.97. The number of carbonyl (C=O) groups is 1. The van der Waals surface area contributed by atoms with E-state index in [1.54, 1.807) is 13.3 Å². The van der Waals surface area contributed by atoms with Crippen molar-refractivity contribution in [1.82, 2.24) is 19.9 Å². The summed E-state index contributed by atoms with van der Waals surface area (Å²) in [5.74, 6) is 0.276. The third-order valence-corrected chi connectivity index (χ3v) is 5.52. The fourth-order valence-electron chi connectivity index (χ4n) is 3.56. The average molecular weight is 435 g/mol. The van der Waals surface area contributed by atoms with Gasteiger partial charge in [0.1, 0.15) is 17.6 Å². The topological polar surface area (TPSA) is 95.6 Å². The molecule has 2 heterocycles. The molecule has 3 aromatic rings. The number of fused-ring (bicyclic) bond motifs is 1. The Bertz CT molecular complexity index is 1170. The second-order valence-electron chi connectivity index (χ2n) is 7.36. The number of benzene rings is 1. The summed E-state index contributed by atoms with van der Waals surface area (Å²) >= 11 is 6.44. The van der Waals surface area contributed by atoms with Gasteiger partial charge in [0.15, 0.2) is 11.5 Å². The molecule has 0 saturated heterocycles. The van der Waals surface area contributed by atoms with Crippen LogP contribution in [0.2, 0.25) is 0 Å². The normalized spacial score (nSPS) is 19.7. The van der Waals surface area contributed by atoms with Gasteiger partial charge >= 0.3 is 0 Å². The van der Waals surface area contributed by atoms with Gasteiger partial charge in [-0.15, -0.1) is 11.6 Å². The Morgan fingerprint density at radius 1 is 1.23 bits per heavy atom. The van der Waals surface area contributed by atoms with Crippen molar-refractivity contribution in [1.29, 1.82) is 0 Å². The number of hydrogen-bond donors (Lipinski definition) is 3. The van der Waals surface area contributed by atoms with Crippen molar-refractivity contribution >= 4 is 40.1 Å². The Hall–Kier alpha value is -3.45. The molecule has 7 nitrogen and oxygen atoms in total. The first kappa shape index (κ1) is 20.8. The molecule has 0 aliphatic heterocycles. The van der Waals surface area contributed by atoms with E-state index in [1.807, 2.05) is 61.6 Å². The van der Waals surface area contributed by atoms with Crippen LogP contribution in [0, 0.1) is 5.92 Å². The number of nitrogens with zero attached hydrogens (tertiary/aromatic N) is 3. The van der Waals surface area contributed by atoms with Gasteiger partial charge in [0.05, 0.1) is 23.7 Å². The average Bonchev–Trinajstić information content (AvgIpc) is 3.24. The van der Waals surface area contributed by atoms with Crippen molar-refractivity contribution in [2.75, 3.05) is 10.6 Å². The van der Waals surface area contributed by atoms with Crippen molar-refractivity contribution < 1.29 is 4.79 Å². The van der Waals surface area contributed by atoms with Crippen LogP contribution in [-0.2, 0) is 4.79 Å². The van der Waals surface area contributed by atoms with Gasteiger partial charge in [0.2, 0.25) is 0 Å². The minimum Gasteiger partial charge on any atom is -0.360 e. The SMILES string of the molecule is CC(=O)C1C(/C=C(\Nc2ccccc2)C(C)Nc2ncnc3nc[nH]c23)=CC=CC1Cl. The lowest BCUT2D eigenvalue weighted by Crippen LogP contribution is -2.27. The second kappa shape index (κ2) is 9.14. The molecule has 31 heavy (non-hydrogen) atoms. The van der Waals surface area contributed by atoms with Crippen molar-refractivity contribution in [2.45, 2.75) is 25.3 Å². The maximum atomic E-state index is 12.3. The van der Waals surface area contributed by atoms with Crippen LogP contribution in [0.3, 0.4) is 0 Å². The number of halogens is 1. The number of Topliss-reactive ketones (excluding diaryl/α,β-unsaturated/α-hetero) is 1. The highest BCUT2D eigenvalue weighted by molar-refractivity contribution is 6.24. The minimum atomic E-state index is -0.398. The van der Waals surface area contributed by atoms with Gasteiger partial charge in [0, 0.05) is 11.4 Å². The number of carbonyl (C=O) groups excluding carboxylic acids is 1. The molecule has 4 rings (SSSR count).